The summed E-state index contributed by atoms with van der Waals surface area (Å²) in [7, 11) is 7.64. The zero-order chi connectivity index (χ0) is 29.9. The smallest absolute Gasteiger partial charge is 0.267 e. The van der Waals surface area contributed by atoms with Gasteiger partial charge in [-0.05, 0) is 51.8 Å². The van der Waals surface area contributed by atoms with Gasteiger partial charge in [0.2, 0.25) is 11.8 Å². The summed E-state index contributed by atoms with van der Waals surface area (Å²) in [4.78, 5) is 48.5. The van der Waals surface area contributed by atoms with Gasteiger partial charge in [0, 0.05) is 86.6 Å². The van der Waals surface area contributed by atoms with Crippen molar-refractivity contribution in [3.63, 3.8) is 0 Å². The first-order valence-electron chi connectivity index (χ1n) is 14.2. The highest BCUT2D eigenvalue weighted by Crippen LogP contribution is 2.38. The van der Waals surface area contributed by atoms with Gasteiger partial charge in [0.05, 0.1) is 0 Å². The van der Waals surface area contributed by atoms with Crippen molar-refractivity contribution in [3.05, 3.63) is 34.9 Å². The average Bonchev–Trinajstić information content (AvgIpc) is 3.26. The van der Waals surface area contributed by atoms with Crippen LogP contribution >= 0.6 is 11.8 Å². The monoisotopic (exact) mass is 588 g/mol. The van der Waals surface area contributed by atoms with Crippen LogP contribution in [0.1, 0.15) is 22.6 Å². The van der Waals surface area contributed by atoms with Crippen LogP contribution in [0.2, 0.25) is 0 Å². The fourth-order valence-electron chi connectivity index (χ4n) is 4.55. The molecule has 2 heterocycles. The van der Waals surface area contributed by atoms with Crippen LogP contribution in [0.3, 0.4) is 0 Å². The van der Waals surface area contributed by atoms with Crippen LogP contribution in [0.25, 0.3) is 0 Å². The first-order chi connectivity index (χ1) is 19.6. The Balaban J connectivity index is 0.00000462. The van der Waals surface area contributed by atoms with Crippen LogP contribution in [-0.4, -0.2) is 135 Å². The predicted octanol–water partition coefficient (Wildman–Crippen LogP) is 2.28. The molecule has 12 heteroatoms. The maximum atomic E-state index is 13.3. The molecule has 2 N–H and O–H groups in total. The number of nitrogens with zero attached hydrogens (tertiary/aromatic N) is 6. The fourth-order valence-corrected chi connectivity index (χ4v) is 5.77. The van der Waals surface area contributed by atoms with E-state index in [0.29, 0.717) is 44.0 Å². The molecule has 2 aliphatic heterocycles. The minimum Gasteiger partial charge on any atom is -0.383 e. The molecular weight excluding hydrogens is 540 g/mol. The third kappa shape index (κ3) is 9.46. The molecule has 2 aliphatic rings. The van der Waals surface area contributed by atoms with Gasteiger partial charge < -0.3 is 35.1 Å². The van der Waals surface area contributed by atoms with E-state index >= 15 is 0 Å². The van der Waals surface area contributed by atoms with Gasteiger partial charge in [-0.3, -0.25) is 14.4 Å². The Morgan fingerprint density at radius 3 is 2.34 bits per heavy atom. The summed E-state index contributed by atoms with van der Waals surface area (Å²) >= 11 is 1.27. The summed E-state index contributed by atoms with van der Waals surface area (Å²) in [5, 5.41) is 16.1. The molecule has 41 heavy (non-hydrogen) atoms. The van der Waals surface area contributed by atoms with E-state index in [2.05, 4.69) is 33.6 Å². The molecule has 0 saturated carbocycles. The van der Waals surface area contributed by atoms with Crippen molar-refractivity contribution < 1.29 is 17.2 Å². The van der Waals surface area contributed by atoms with E-state index in [9.17, 15) is 19.6 Å². The van der Waals surface area contributed by atoms with E-state index in [1.807, 2.05) is 50.2 Å². The van der Waals surface area contributed by atoms with Crippen molar-refractivity contribution in [1.82, 2.24) is 24.5 Å². The van der Waals surface area contributed by atoms with Crippen molar-refractivity contribution in [3.8, 4) is 6.07 Å². The number of piperazine rings is 1. The number of hydrogen-bond donors (Lipinski definition) is 2. The van der Waals surface area contributed by atoms with Gasteiger partial charge in [-0.2, -0.15) is 5.26 Å². The van der Waals surface area contributed by atoms with Crippen molar-refractivity contribution >= 4 is 40.9 Å². The largest absolute Gasteiger partial charge is 0.383 e. The van der Waals surface area contributed by atoms with Crippen LogP contribution in [-0.2, 0) is 14.4 Å². The van der Waals surface area contributed by atoms with Gasteiger partial charge in [0.15, 0.2) is 0 Å². The molecule has 0 bridgehead atoms. The molecule has 3 amide bonds. The molecule has 1 atom stereocenters. The van der Waals surface area contributed by atoms with E-state index in [4.69, 9.17) is 0 Å². The standard InChI is InChI=1S/C29H44N8O3S.2H2/c1-6-12-37-28(40)25(41-29(37)24(20-30)27(39)35(5)17-14-33(2)3)21-31-22-7-9-23(10-8-22)32-26(38)11-13-36-18-15-34(4)16-19-36;;/h7-10,25,31H,6,11-19,21H2,1-5H3,(H,32,38);2*1H/b29-24-;;. The number of likely N-dealkylation sites (N-methyl/N-ethyl adjacent to an activating group) is 3. The quantitative estimate of drug-likeness (QED) is 0.265. The Kier molecular flexibility index (Phi) is 12.5. The minimum atomic E-state index is -0.464. The van der Waals surface area contributed by atoms with E-state index < -0.39 is 5.25 Å². The number of carbonyl (C=O) groups is 3. The van der Waals surface area contributed by atoms with Gasteiger partial charge in [-0.1, -0.05) is 18.7 Å². The summed E-state index contributed by atoms with van der Waals surface area (Å²) in [6.45, 7) is 8.69. The van der Waals surface area contributed by atoms with E-state index in [1.54, 1.807) is 11.9 Å². The van der Waals surface area contributed by atoms with Gasteiger partial charge in [0.25, 0.3) is 5.91 Å². The lowest BCUT2D eigenvalue weighted by Gasteiger charge is -2.32. The van der Waals surface area contributed by atoms with Gasteiger partial charge >= 0.3 is 0 Å². The molecule has 0 aromatic heterocycles. The van der Waals surface area contributed by atoms with Crippen LogP contribution in [0, 0.1) is 11.3 Å². The third-order valence-electron chi connectivity index (χ3n) is 7.17. The van der Waals surface area contributed by atoms with Crippen LogP contribution < -0.4 is 10.6 Å². The maximum Gasteiger partial charge on any atom is 0.267 e. The van der Waals surface area contributed by atoms with Crippen LogP contribution in [0.15, 0.2) is 34.9 Å². The number of thioether (sulfide) groups is 1. The Labute approximate surface area is 251 Å². The second kappa shape index (κ2) is 15.8. The molecule has 11 nitrogen and oxygen atoms in total. The van der Waals surface area contributed by atoms with Gasteiger partial charge in [0.1, 0.15) is 21.9 Å². The van der Waals surface area contributed by atoms with Crippen LogP contribution in [0.4, 0.5) is 11.4 Å². The molecule has 0 radical (unpaired) electrons. The zero-order valence-electron chi connectivity index (χ0n) is 25.0. The highest BCUT2D eigenvalue weighted by Gasteiger charge is 2.39. The zero-order valence-corrected chi connectivity index (χ0v) is 25.8. The molecule has 228 valence electrons. The van der Waals surface area contributed by atoms with Crippen molar-refractivity contribution in [2.75, 3.05) is 97.7 Å². The molecular formula is C29H48N8O3S. The summed E-state index contributed by atoms with van der Waals surface area (Å²) < 4.78 is 0. The first-order valence-corrected chi connectivity index (χ1v) is 15.1. The molecule has 1 unspecified atom stereocenters. The number of carbonyl (C=O) groups excluding carboxylic acids is 3. The number of hydrogen-bond acceptors (Lipinski definition) is 9. The molecule has 2 fully saturated rings. The summed E-state index contributed by atoms with van der Waals surface area (Å²) in [6, 6.07) is 9.47. The number of nitrogens with one attached hydrogen (secondary N) is 2. The third-order valence-corrected chi connectivity index (χ3v) is 8.47. The van der Waals surface area contributed by atoms with E-state index in [-0.39, 0.29) is 26.1 Å². The number of anilines is 2. The highest BCUT2D eigenvalue weighted by molar-refractivity contribution is 8.04. The van der Waals surface area contributed by atoms with Gasteiger partial charge in [-0.25, -0.2) is 0 Å². The van der Waals surface area contributed by atoms with Crippen LogP contribution in [0.5, 0.6) is 0 Å². The van der Waals surface area contributed by atoms with E-state index in [1.165, 1.54) is 16.7 Å². The summed E-state index contributed by atoms with van der Waals surface area (Å²) in [5.74, 6) is -0.497. The maximum absolute atomic E-state index is 13.3. The topological polar surface area (TPSA) is 115 Å². The SMILES string of the molecule is CCCN1C(=O)C(CNc2ccc(NC(=O)CCN3CCN(C)CC3)cc2)S/C1=C(/C#N)C(=O)N(C)CCN(C)C.[HH].[HH]. The molecule has 1 aromatic rings. The lowest BCUT2D eigenvalue weighted by molar-refractivity contribution is -0.127. The summed E-state index contributed by atoms with van der Waals surface area (Å²) in [5.41, 5.74) is 1.54. The Bertz CT molecular complexity index is 1140. The molecule has 3 rings (SSSR count). The Morgan fingerprint density at radius 1 is 1.07 bits per heavy atom. The molecule has 1 aromatic carbocycles. The Hall–Kier alpha value is -3.11. The summed E-state index contributed by atoms with van der Waals surface area (Å²) in [6.07, 6.45) is 1.16. The minimum absolute atomic E-state index is 0. The van der Waals surface area contributed by atoms with Crippen molar-refractivity contribution in [2.45, 2.75) is 25.0 Å². The second-order valence-corrected chi connectivity index (χ2v) is 12.0. The number of benzene rings is 1. The lowest BCUT2D eigenvalue weighted by atomic mass is 10.2. The second-order valence-electron chi connectivity index (χ2n) is 10.8. The Morgan fingerprint density at radius 2 is 1.73 bits per heavy atom. The predicted molar refractivity (Wildman–Crippen MR) is 169 cm³/mol. The number of rotatable bonds is 13. The van der Waals surface area contributed by atoms with Gasteiger partial charge in [-0.15, -0.1) is 0 Å². The van der Waals surface area contributed by atoms with E-state index in [0.717, 1.165) is 44.1 Å². The number of amides is 3. The molecule has 0 spiro atoms. The number of nitriles is 1. The van der Waals surface area contributed by atoms with Crippen molar-refractivity contribution in [2.24, 2.45) is 0 Å². The lowest BCUT2D eigenvalue weighted by Crippen LogP contribution is -2.45. The van der Waals surface area contributed by atoms with Crippen molar-refractivity contribution in [1.29, 1.82) is 5.26 Å². The first kappa shape index (κ1) is 32.4. The highest BCUT2D eigenvalue weighted by atomic mass is 32.2. The average molecular weight is 589 g/mol. The molecule has 0 aliphatic carbocycles. The normalized spacial score (nSPS) is 19.3. The molecule has 2 saturated heterocycles. The fraction of sp³-hybridized carbons (Fsp3) is 0.586.